The van der Waals surface area contributed by atoms with E-state index in [4.69, 9.17) is 4.74 Å². The van der Waals surface area contributed by atoms with Crippen LogP contribution in [0.1, 0.15) is 10.6 Å². The standard InChI is InChI=1S/C22H19N3O4S2/c26-19(13-29-14-20-24-16-8-4-5-9-17(16)30-20)23-10-11-25-21(27)18(31-22(25)28)12-15-6-2-1-3-7-15/h1-9,12H,10-11,13-14H2,(H,23,26)/b18-12-. The second kappa shape index (κ2) is 9.86. The van der Waals surface area contributed by atoms with Crippen molar-refractivity contribution in [2.75, 3.05) is 19.7 Å². The van der Waals surface area contributed by atoms with Crippen LogP contribution in [0.4, 0.5) is 4.79 Å². The number of ether oxygens (including phenoxy) is 1. The highest BCUT2D eigenvalue weighted by Crippen LogP contribution is 2.31. The summed E-state index contributed by atoms with van der Waals surface area (Å²) in [7, 11) is 0. The van der Waals surface area contributed by atoms with Crippen molar-refractivity contribution >= 4 is 56.4 Å². The van der Waals surface area contributed by atoms with Crippen molar-refractivity contribution in [3.63, 3.8) is 0 Å². The Morgan fingerprint density at radius 1 is 1.10 bits per heavy atom. The number of thiazole rings is 1. The third kappa shape index (κ3) is 5.38. The molecule has 7 nitrogen and oxygen atoms in total. The number of imide groups is 1. The van der Waals surface area contributed by atoms with Gasteiger partial charge in [-0.1, -0.05) is 42.5 Å². The molecule has 31 heavy (non-hydrogen) atoms. The molecule has 0 atom stereocenters. The molecule has 2 heterocycles. The third-order valence-electron chi connectivity index (χ3n) is 4.43. The molecule has 3 amide bonds. The monoisotopic (exact) mass is 453 g/mol. The van der Waals surface area contributed by atoms with Crippen molar-refractivity contribution in [2.24, 2.45) is 0 Å². The van der Waals surface area contributed by atoms with Crippen LogP contribution in [-0.2, 0) is 20.9 Å². The molecule has 0 radical (unpaired) electrons. The highest BCUT2D eigenvalue weighted by molar-refractivity contribution is 8.18. The lowest BCUT2D eigenvalue weighted by Crippen LogP contribution is -2.38. The number of rotatable bonds is 8. The van der Waals surface area contributed by atoms with Crippen LogP contribution in [0, 0.1) is 0 Å². The molecular weight excluding hydrogens is 434 g/mol. The summed E-state index contributed by atoms with van der Waals surface area (Å²) in [4.78, 5) is 42.6. The van der Waals surface area contributed by atoms with Crippen LogP contribution in [0.3, 0.4) is 0 Å². The minimum absolute atomic E-state index is 0.112. The molecule has 1 aliphatic heterocycles. The number of nitrogens with one attached hydrogen (secondary N) is 1. The molecule has 158 valence electrons. The Bertz CT molecular complexity index is 1110. The fraction of sp³-hybridized carbons (Fsp3) is 0.182. The lowest BCUT2D eigenvalue weighted by Gasteiger charge is -2.13. The molecule has 1 N–H and O–H groups in total. The molecule has 3 aromatic rings. The molecule has 9 heteroatoms. The maximum absolute atomic E-state index is 12.5. The first-order valence-corrected chi connectivity index (χ1v) is 11.2. The van der Waals surface area contributed by atoms with Crippen LogP contribution in [0.25, 0.3) is 16.3 Å². The zero-order valence-electron chi connectivity index (χ0n) is 16.4. The zero-order chi connectivity index (χ0) is 21.6. The van der Waals surface area contributed by atoms with Crippen LogP contribution in [-0.4, -0.2) is 46.6 Å². The van der Waals surface area contributed by atoms with E-state index in [0.717, 1.165) is 37.4 Å². The van der Waals surface area contributed by atoms with Gasteiger partial charge in [-0.25, -0.2) is 4.98 Å². The molecular formula is C22H19N3O4S2. The lowest BCUT2D eigenvalue weighted by atomic mass is 10.2. The molecule has 0 saturated carbocycles. The number of nitrogens with zero attached hydrogens (tertiary/aromatic N) is 2. The second-order valence-electron chi connectivity index (χ2n) is 6.66. The molecule has 0 aliphatic carbocycles. The van der Waals surface area contributed by atoms with Crippen molar-refractivity contribution in [1.82, 2.24) is 15.2 Å². The molecule has 4 rings (SSSR count). The first-order chi connectivity index (χ1) is 15.1. The van der Waals surface area contributed by atoms with E-state index in [0.29, 0.717) is 4.91 Å². The number of para-hydroxylation sites is 1. The molecule has 2 aromatic carbocycles. The largest absolute Gasteiger partial charge is 0.364 e. The van der Waals surface area contributed by atoms with Crippen molar-refractivity contribution in [3.05, 3.63) is 70.1 Å². The van der Waals surface area contributed by atoms with Gasteiger partial charge in [0.15, 0.2) is 0 Å². The molecule has 0 bridgehead atoms. The Morgan fingerprint density at radius 3 is 2.68 bits per heavy atom. The van der Waals surface area contributed by atoms with E-state index in [-0.39, 0.29) is 43.4 Å². The number of thioether (sulfide) groups is 1. The quantitative estimate of drug-likeness (QED) is 0.524. The van der Waals surface area contributed by atoms with Gasteiger partial charge in [0.05, 0.1) is 21.7 Å². The van der Waals surface area contributed by atoms with E-state index >= 15 is 0 Å². The van der Waals surface area contributed by atoms with Crippen molar-refractivity contribution in [1.29, 1.82) is 0 Å². The van der Waals surface area contributed by atoms with E-state index in [1.165, 1.54) is 11.3 Å². The highest BCUT2D eigenvalue weighted by Gasteiger charge is 2.34. The van der Waals surface area contributed by atoms with Gasteiger partial charge in [0.2, 0.25) is 5.91 Å². The average molecular weight is 454 g/mol. The topological polar surface area (TPSA) is 88.6 Å². The second-order valence-corrected chi connectivity index (χ2v) is 8.77. The number of fused-ring (bicyclic) bond motifs is 1. The fourth-order valence-corrected chi connectivity index (χ4v) is 4.73. The predicted molar refractivity (Wildman–Crippen MR) is 121 cm³/mol. The van der Waals surface area contributed by atoms with Crippen LogP contribution < -0.4 is 5.32 Å². The fourth-order valence-electron chi connectivity index (χ4n) is 2.96. The molecule has 1 fully saturated rings. The smallest absolute Gasteiger partial charge is 0.293 e. The van der Waals surface area contributed by atoms with Gasteiger partial charge in [-0.3, -0.25) is 19.3 Å². The van der Waals surface area contributed by atoms with Gasteiger partial charge in [0, 0.05) is 13.1 Å². The van der Waals surface area contributed by atoms with E-state index in [9.17, 15) is 14.4 Å². The Labute approximate surface area is 187 Å². The predicted octanol–water partition coefficient (Wildman–Crippen LogP) is 3.67. The van der Waals surface area contributed by atoms with Crippen LogP contribution in [0.2, 0.25) is 0 Å². The van der Waals surface area contributed by atoms with Gasteiger partial charge < -0.3 is 10.1 Å². The van der Waals surface area contributed by atoms with Gasteiger partial charge in [-0.15, -0.1) is 11.3 Å². The number of hydrogen-bond acceptors (Lipinski definition) is 7. The molecule has 1 aromatic heterocycles. The summed E-state index contributed by atoms with van der Waals surface area (Å²) in [5.74, 6) is -0.659. The van der Waals surface area contributed by atoms with Gasteiger partial charge in [0.25, 0.3) is 11.1 Å². The normalized spacial score (nSPS) is 15.2. The van der Waals surface area contributed by atoms with E-state index in [2.05, 4.69) is 10.3 Å². The summed E-state index contributed by atoms with van der Waals surface area (Å²) in [5.41, 5.74) is 1.76. The maximum atomic E-state index is 12.5. The highest BCUT2D eigenvalue weighted by atomic mass is 32.2. The number of carbonyl (C=O) groups is 3. The van der Waals surface area contributed by atoms with Crippen LogP contribution in [0.15, 0.2) is 59.5 Å². The summed E-state index contributed by atoms with van der Waals surface area (Å²) < 4.78 is 6.51. The summed E-state index contributed by atoms with van der Waals surface area (Å²) in [5, 5.41) is 3.14. The van der Waals surface area contributed by atoms with Crippen LogP contribution in [0.5, 0.6) is 0 Å². The van der Waals surface area contributed by atoms with Gasteiger partial charge in [-0.05, 0) is 35.5 Å². The first-order valence-electron chi connectivity index (χ1n) is 9.59. The number of amides is 3. The minimum Gasteiger partial charge on any atom is -0.364 e. The molecule has 1 aliphatic rings. The molecule has 1 saturated heterocycles. The summed E-state index contributed by atoms with van der Waals surface area (Å²) in [6.45, 7) is 0.409. The number of benzene rings is 2. The summed E-state index contributed by atoms with van der Waals surface area (Å²) >= 11 is 2.43. The number of aromatic nitrogens is 1. The Morgan fingerprint density at radius 2 is 1.87 bits per heavy atom. The maximum Gasteiger partial charge on any atom is 0.293 e. The van der Waals surface area contributed by atoms with Crippen molar-refractivity contribution < 1.29 is 19.1 Å². The molecule has 0 unspecified atom stereocenters. The van der Waals surface area contributed by atoms with E-state index in [1.807, 2.05) is 54.6 Å². The van der Waals surface area contributed by atoms with Gasteiger partial charge in [0.1, 0.15) is 11.6 Å². The summed E-state index contributed by atoms with van der Waals surface area (Å²) in [6.07, 6.45) is 1.69. The average Bonchev–Trinajstić information content (AvgIpc) is 3.30. The summed E-state index contributed by atoms with van der Waals surface area (Å²) in [6, 6.07) is 17.1. The third-order valence-corrected chi connectivity index (χ3v) is 6.34. The Balaban J connectivity index is 1.20. The first kappa shape index (κ1) is 21.2. The lowest BCUT2D eigenvalue weighted by molar-refractivity contribution is -0.127. The SMILES string of the molecule is O=C(COCc1nc2ccccc2s1)NCCN1C(=O)S/C(=C\c2ccccc2)C1=O. The molecule has 0 spiro atoms. The van der Waals surface area contributed by atoms with Crippen molar-refractivity contribution in [3.8, 4) is 0 Å². The van der Waals surface area contributed by atoms with Gasteiger partial charge >= 0.3 is 0 Å². The number of carbonyl (C=O) groups excluding carboxylic acids is 3. The Kier molecular flexibility index (Phi) is 6.76. The van der Waals surface area contributed by atoms with E-state index < -0.39 is 0 Å². The van der Waals surface area contributed by atoms with Gasteiger partial charge in [-0.2, -0.15) is 0 Å². The van der Waals surface area contributed by atoms with Crippen molar-refractivity contribution in [2.45, 2.75) is 6.61 Å². The Hall–Kier alpha value is -3.01. The minimum atomic E-state index is -0.347. The number of hydrogen-bond donors (Lipinski definition) is 1. The zero-order valence-corrected chi connectivity index (χ0v) is 18.1. The van der Waals surface area contributed by atoms with Crippen LogP contribution >= 0.6 is 23.1 Å². The van der Waals surface area contributed by atoms with E-state index in [1.54, 1.807) is 6.08 Å².